The maximum absolute atomic E-state index is 6.05. The van der Waals surface area contributed by atoms with E-state index in [4.69, 9.17) is 5.73 Å². The van der Waals surface area contributed by atoms with Crippen LogP contribution in [0.1, 0.15) is 24.2 Å². The van der Waals surface area contributed by atoms with Gasteiger partial charge in [-0.2, -0.15) is 0 Å². The van der Waals surface area contributed by atoms with Gasteiger partial charge in [0.15, 0.2) is 0 Å². The summed E-state index contributed by atoms with van der Waals surface area (Å²) in [6.07, 6.45) is 2.37. The van der Waals surface area contributed by atoms with Crippen molar-refractivity contribution in [3.05, 3.63) is 23.5 Å². The molecule has 1 aromatic heterocycles. The van der Waals surface area contributed by atoms with E-state index in [0.29, 0.717) is 0 Å². The molecule has 66 valence electrons. The van der Waals surface area contributed by atoms with Crippen LogP contribution in [0.2, 0.25) is 0 Å². The fraction of sp³-hybridized carbons (Fsp3) is 0.600. The zero-order valence-corrected chi connectivity index (χ0v) is 7.80. The molecule has 0 bridgehead atoms. The molecule has 1 heterocycles. The molecule has 0 aromatic carbocycles. The molecule has 1 fully saturated rings. The number of hydrogen-bond acceptors (Lipinski definition) is 1. The van der Waals surface area contributed by atoms with Gasteiger partial charge in [0.25, 0.3) is 0 Å². The Kier molecular flexibility index (Phi) is 1.55. The topological polar surface area (TPSA) is 30.9 Å². The molecule has 1 saturated carbocycles. The lowest BCUT2D eigenvalue weighted by molar-refractivity contribution is 0.528. The monoisotopic (exact) mass is 164 g/mol. The van der Waals surface area contributed by atoms with E-state index in [1.165, 1.54) is 24.2 Å². The standard InChI is InChI=1S/C10H16N2/c1-8-3-4-9(2)12(8)7-10(11)5-6-10/h3-4H,5-7,11H2,1-2H3. The van der Waals surface area contributed by atoms with Crippen molar-refractivity contribution in [1.29, 1.82) is 0 Å². The van der Waals surface area contributed by atoms with Crippen LogP contribution in [0.5, 0.6) is 0 Å². The summed E-state index contributed by atoms with van der Waals surface area (Å²) in [5.74, 6) is 0. The molecule has 12 heavy (non-hydrogen) atoms. The van der Waals surface area contributed by atoms with Crippen LogP contribution in [0, 0.1) is 13.8 Å². The lowest BCUT2D eigenvalue weighted by Gasteiger charge is -2.14. The van der Waals surface area contributed by atoms with E-state index in [2.05, 4.69) is 30.5 Å². The zero-order valence-electron chi connectivity index (χ0n) is 7.80. The third kappa shape index (κ3) is 1.27. The fourth-order valence-electron chi connectivity index (χ4n) is 1.58. The maximum Gasteiger partial charge on any atom is 0.0405 e. The van der Waals surface area contributed by atoms with Crippen LogP contribution in [0.25, 0.3) is 0 Å². The Labute approximate surface area is 73.4 Å². The van der Waals surface area contributed by atoms with Crippen LogP contribution in [0.4, 0.5) is 0 Å². The summed E-state index contributed by atoms with van der Waals surface area (Å²) in [6, 6.07) is 4.31. The molecular formula is C10H16N2. The number of hydrogen-bond donors (Lipinski definition) is 1. The molecule has 2 nitrogen and oxygen atoms in total. The molecule has 0 unspecified atom stereocenters. The first-order chi connectivity index (χ1) is 5.61. The van der Waals surface area contributed by atoms with Gasteiger partial charge < -0.3 is 10.3 Å². The second-order valence-corrected chi connectivity index (χ2v) is 4.06. The van der Waals surface area contributed by atoms with Crippen LogP contribution in [-0.2, 0) is 6.54 Å². The first-order valence-corrected chi connectivity index (χ1v) is 4.52. The largest absolute Gasteiger partial charge is 0.347 e. The molecule has 2 N–H and O–H groups in total. The van der Waals surface area contributed by atoms with Gasteiger partial charge >= 0.3 is 0 Å². The van der Waals surface area contributed by atoms with Crippen LogP contribution in [-0.4, -0.2) is 10.1 Å². The fourth-order valence-corrected chi connectivity index (χ4v) is 1.58. The second kappa shape index (κ2) is 2.36. The molecule has 0 aliphatic heterocycles. The minimum atomic E-state index is 0.120. The summed E-state index contributed by atoms with van der Waals surface area (Å²) in [4.78, 5) is 0. The Balaban J connectivity index is 2.21. The van der Waals surface area contributed by atoms with Crippen molar-refractivity contribution in [2.45, 2.75) is 38.8 Å². The summed E-state index contributed by atoms with van der Waals surface area (Å²) in [5.41, 5.74) is 8.82. The van der Waals surface area contributed by atoms with Gasteiger partial charge in [-0.05, 0) is 38.8 Å². The van der Waals surface area contributed by atoms with Gasteiger partial charge in [-0.1, -0.05) is 0 Å². The number of aromatic nitrogens is 1. The normalized spacial score (nSPS) is 19.6. The Morgan fingerprint density at radius 1 is 1.33 bits per heavy atom. The Morgan fingerprint density at radius 2 is 1.83 bits per heavy atom. The minimum Gasteiger partial charge on any atom is -0.347 e. The van der Waals surface area contributed by atoms with E-state index in [9.17, 15) is 0 Å². The molecule has 0 saturated heterocycles. The molecule has 1 aromatic rings. The van der Waals surface area contributed by atoms with Crippen molar-refractivity contribution >= 4 is 0 Å². The molecular weight excluding hydrogens is 148 g/mol. The highest BCUT2D eigenvalue weighted by Gasteiger charge is 2.38. The highest BCUT2D eigenvalue weighted by Crippen LogP contribution is 2.34. The van der Waals surface area contributed by atoms with Gasteiger partial charge in [0.2, 0.25) is 0 Å². The van der Waals surface area contributed by atoms with E-state index in [1.54, 1.807) is 0 Å². The lowest BCUT2D eigenvalue weighted by Crippen LogP contribution is -2.28. The number of nitrogens with two attached hydrogens (primary N) is 1. The van der Waals surface area contributed by atoms with Gasteiger partial charge in [-0.15, -0.1) is 0 Å². The smallest absolute Gasteiger partial charge is 0.0405 e. The maximum atomic E-state index is 6.05. The third-order valence-electron chi connectivity index (χ3n) is 2.78. The summed E-state index contributed by atoms with van der Waals surface area (Å²) in [7, 11) is 0. The summed E-state index contributed by atoms with van der Waals surface area (Å²) in [6.45, 7) is 5.27. The Bertz CT molecular complexity index is 275. The molecule has 1 aliphatic carbocycles. The predicted octanol–water partition coefficient (Wildman–Crippen LogP) is 1.60. The van der Waals surface area contributed by atoms with Crippen molar-refractivity contribution in [1.82, 2.24) is 4.57 Å². The van der Waals surface area contributed by atoms with Crippen LogP contribution in [0.3, 0.4) is 0 Å². The molecule has 2 heteroatoms. The van der Waals surface area contributed by atoms with Gasteiger partial charge in [0, 0.05) is 23.5 Å². The quantitative estimate of drug-likeness (QED) is 0.707. The lowest BCUT2D eigenvalue weighted by atomic mass is 10.3. The van der Waals surface area contributed by atoms with Crippen molar-refractivity contribution in [3.63, 3.8) is 0 Å². The minimum absolute atomic E-state index is 0.120. The molecule has 0 amide bonds. The second-order valence-electron chi connectivity index (χ2n) is 4.06. The number of aryl methyl sites for hydroxylation is 2. The van der Waals surface area contributed by atoms with Gasteiger partial charge in [0.1, 0.15) is 0 Å². The van der Waals surface area contributed by atoms with Crippen molar-refractivity contribution in [2.24, 2.45) is 5.73 Å². The average molecular weight is 164 g/mol. The SMILES string of the molecule is Cc1ccc(C)n1CC1(N)CC1. The van der Waals surface area contributed by atoms with E-state index in [-0.39, 0.29) is 5.54 Å². The van der Waals surface area contributed by atoms with Crippen molar-refractivity contribution in [3.8, 4) is 0 Å². The molecule has 0 atom stereocenters. The third-order valence-corrected chi connectivity index (χ3v) is 2.78. The highest BCUT2D eigenvalue weighted by molar-refractivity contribution is 5.15. The van der Waals surface area contributed by atoms with Crippen molar-refractivity contribution in [2.75, 3.05) is 0 Å². The number of nitrogens with zero attached hydrogens (tertiary/aromatic N) is 1. The first-order valence-electron chi connectivity index (χ1n) is 4.52. The number of rotatable bonds is 2. The van der Waals surface area contributed by atoms with E-state index in [0.717, 1.165) is 6.54 Å². The Morgan fingerprint density at radius 3 is 2.25 bits per heavy atom. The van der Waals surface area contributed by atoms with E-state index < -0.39 is 0 Å². The van der Waals surface area contributed by atoms with Crippen LogP contribution < -0.4 is 5.73 Å². The average Bonchev–Trinajstić information content (AvgIpc) is 2.67. The first kappa shape index (κ1) is 7.87. The van der Waals surface area contributed by atoms with Gasteiger partial charge in [-0.25, -0.2) is 0 Å². The van der Waals surface area contributed by atoms with Gasteiger partial charge in [-0.3, -0.25) is 0 Å². The van der Waals surface area contributed by atoms with Crippen LogP contribution >= 0.6 is 0 Å². The molecule has 2 rings (SSSR count). The molecule has 0 radical (unpaired) electrons. The Hall–Kier alpha value is -0.760. The summed E-state index contributed by atoms with van der Waals surface area (Å²) >= 11 is 0. The van der Waals surface area contributed by atoms with Gasteiger partial charge in [0.05, 0.1) is 0 Å². The summed E-state index contributed by atoms with van der Waals surface area (Å²) in [5, 5.41) is 0. The highest BCUT2D eigenvalue weighted by atomic mass is 15.0. The van der Waals surface area contributed by atoms with Crippen molar-refractivity contribution < 1.29 is 0 Å². The zero-order chi connectivity index (χ0) is 8.77. The van der Waals surface area contributed by atoms with E-state index >= 15 is 0 Å². The predicted molar refractivity (Wildman–Crippen MR) is 50.1 cm³/mol. The molecule has 0 spiro atoms. The summed E-state index contributed by atoms with van der Waals surface area (Å²) < 4.78 is 2.31. The van der Waals surface area contributed by atoms with Crippen LogP contribution in [0.15, 0.2) is 12.1 Å². The molecule has 1 aliphatic rings. The van der Waals surface area contributed by atoms with E-state index in [1.807, 2.05) is 0 Å².